The fraction of sp³-hybridized carbons (Fsp3) is 0.238. The van der Waals surface area contributed by atoms with Crippen LogP contribution in [-0.2, 0) is 6.42 Å². The monoisotopic (exact) mass is 331 g/mol. The molecular formula is C21H21N3O. The zero-order valence-electron chi connectivity index (χ0n) is 14.5. The molecule has 2 heterocycles. The van der Waals surface area contributed by atoms with Crippen molar-refractivity contribution in [2.24, 2.45) is 0 Å². The van der Waals surface area contributed by atoms with Crippen molar-refractivity contribution in [1.82, 2.24) is 10.2 Å². The van der Waals surface area contributed by atoms with Crippen molar-refractivity contribution in [3.63, 3.8) is 0 Å². The molecule has 0 atom stereocenters. The van der Waals surface area contributed by atoms with Gasteiger partial charge in [0.25, 0.3) is 0 Å². The Labute approximate surface area is 147 Å². The van der Waals surface area contributed by atoms with E-state index in [1.807, 2.05) is 32.0 Å². The lowest BCUT2D eigenvalue weighted by atomic mass is 10.0. The van der Waals surface area contributed by atoms with Gasteiger partial charge in [0, 0.05) is 17.8 Å². The molecule has 2 aromatic carbocycles. The zero-order chi connectivity index (χ0) is 17.4. The Balaban J connectivity index is 1.71. The van der Waals surface area contributed by atoms with E-state index in [1.54, 1.807) is 6.07 Å². The molecule has 0 amide bonds. The molecule has 0 spiro atoms. The van der Waals surface area contributed by atoms with Crippen molar-refractivity contribution in [3.8, 4) is 17.0 Å². The number of fused-ring (bicyclic) bond motifs is 1. The lowest BCUT2D eigenvalue weighted by Crippen LogP contribution is -2.25. The van der Waals surface area contributed by atoms with E-state index in [-0.39, 0.29) is 5.75 Å². The van der Waals surface area contributed by atoms with Crippen LogP contribution in [0.4, 0.5) is 11.5 Å². The highest BCUT2D eigenvalue weighted by Gasteiger charge is 2.19. The predicted octanol–water partition coefficient (Wildman–Crippen LogP) is 4.55. The fourth-order valence-corrected chi connectivity index (χ4v) is 3.65. The highest BCUT2D eigenvalue weighted by atomic mass is 16.3. The zero-order valence-corrected chi connectivity index (χ0v) is 14.5. The summed E-state index contributed by atoms with van der Waals surface area (Å²) in [4.78, 5) is 2.22. The molecule has 4 rings (SSSR count). The predicted molar refractivity (Wildman–Crippen MR) is 100 cm³/mol. The molecule has 1 N–H and O–H groups in total. The topological polar surface area (TPSA) is 49.2 Å². The number of aromatic hydroxyl groups is 1. The van der Waals surface area contributed by atoms with Gasteiger partial charge in [-0.05, 0) is 67.6 Å². The molecule has 126 valence electrons. The number of aryl methyl sites for hydroxylation is 3. The Hall–Kier alpha value is -2.88. The van der Waals surface area contributed by atoms with Gasteiger partial charge in [0.15, 0.2) is 5.82 Å². The highest BCUT2D eigenvalue weighted by molar-refractivity contribution is 5.72. The Bertz CT molecular complexity index is 896. The molecule has 0 saturated carbocycles. The molecule has 1 aliphatic rings. The summed E-state index contributed by atoms with van der Waals surface area (Å²) < 4.78 is 0. The first-order chi connectivity index (χ1) is 12.1. The molecule has 0 aliphatic carbocycles. The third-order valence-electron chi connectivity index (χ3n) is 4.75. The number of hydrogen-bond acceptors (Lipinski definition) is 4. The largest absolute Gasteiger partial charge is 0.507 e. The van der Waals surface area contributed by atoms with Gasteiger partial charge in [-0.1, -0.05) is 24.3 Å². The maximum atomic E-state index is 10.3. The van der Waals surface area contributed by atoms with Crippen LogP contribution in [0.25, 0.3) is 11.3 Å². The van der Waals surface area contributed by atoms with Crippen LogP contribution < -0.4 is 4.90 Å². The molecule has 0 fully saturated rings. The summed E-state index contributed by atoms with van der Waals surface area (Å²) >= 11 is 0. The van der Waals surface area contributed by atoms with Crippen LogP contribution in [0.2, 0.25) is 0 Å². The van der Waals surface area contributed by atoms with Crippen LogP contribution in [0, 0.1) is 13.8 Å². The second-order valence-electron chi connectivity index (χ2n) is 6.64. The van der Waals surface area contributed by atoms with Crippen molar-refractivity contribution < 1.29 is 5.11 Å². The smallest absolute Gasteiger partial charge is 0.155 e. The van der Waals surface area contributed by atoms with Crippen LogP contribution >= 0.6 is 0 Å². The van der Waals surface area contributed by atoms with E-state index in [0.717, 1.165) is 41.9 Å². The average molecular weight is 331 g/mol. The van der Waals surface area contributed by atoms with Crippen LogP contribution in [0.1, 0.15) is 23.1 Å². The van der Waals surface area contributed by atoms with Gasteiger partial charge in [-0.25, -0.2) is 0 Å². The van der Waals surface area contributed by atoms with Gasteiger partial charge in [0.1, 0.15) is 5.75 Å². The Morgan fingerprint density at radius 2 is 1.84 bits per heavy atom. The van der Waals surface area contributed by atoms with E-state index in [2.05, 4.69) is 39.4 Å². The average Bonchev–Trinajstić information content (AvgIpc) is 2.61. The molecule has 3 aromatic rings. The number of phenols is 1. The maximum Gasteiger partial charge on any atom is 0.155 e. The van der Waals surface area contributed by atoms with Gasteiger partial charge >= 0.3 is 0 Å². The quantitative estimate of drug-likeness (QED) is 0.748. The lowest BCUT2D eigenvalue weighted by Gasteiger charge is -2.30. The molecule has 0 bridgehead atoms. The molecule has 0 unspecified atom stereocenters. The van der Waals surface area contributed by atoms with E-state index in [1.165, 1.54) is 11.3 Å². The van der Waals surface area contributed by atoms with Gasteiger partial charge in [-0.15, -0.1) is 10.2 Å². The number of benzene rings is 2. The fourth-order valence-electron chi connectivity index (χ4n) is 3.65. The molecule has 0 radical (unpaired) electrons. The van der Waals surface area contributed by atoms with Crippen LogP contribution in [-0.4, -0.2) is 21.8 Å². The van der Waals surface area contributed by atoms with Gasteiger partial charge in [-0.2, -0.15) is 0 Å². The number of anilines is 2. The van der Waals surface area contributed by atoms with Crippen LogP contribution in [0.3, 0.4) is 0 Å². The first-order valence-corrected chi connectivity index (χ1v) is 8.63. The van der Waals surface area contributed by atoms with Gasteiger partial charge < -0.3 is 10.0 Å². The van der Waals surface area contributed by atoms with E-state index in [0.29, 0.717) is 5.69 Å². The maximum absolute atomic E-state index is 10.3. The summed E-state index contributed by atoms with van der Waals surface area (Å²) in [5, 5.41) is 19.1. The number of para-hydroxylation sites is 1. The lowest BCUT2D eigenvalue weighted by molar-refractivity contribution is 0.476. The third kappa shape index (κ3) is 2.84. The van der Waals surface area contributed by atoms with E-state index < -0.39 is 0 Å². The van der Waals surface area contributed by atoms with Crippen molar-refractivity contribution in [1.29, 1.82) is 0 Å². The summed E-state index contributed by atoms with van der Waals surface area (Å²) in [6.45, 7) is 4.90. The first-order valence-electron chi connectivity index (χ1n) is 8.63. The number of phenolic OH excluding ortho intramolecular Hbond substituents is 1. The molecule has 1 aromatic heterocycles. The number of hydrogen-bond donors (Lipinski definition) is 1. The summed E-state index contributed by atoms with van der Waals surface area (Å²) in [6, 6.07) is 16.2. The minimum absolute atomic E-state index is 0.253. The second-order valence-corrected chi connectivity index (χ2v) is 6.64. The molecule has 4 nitrogen and oxygen atoms in total. The first kappa shape index (κ1) is 15.6. The summed E-state index contributed by atoms with van der Waals surface area (Å²) in [6.07, 6.45) is 2.22. The molecular weight excluding hydrogens is 310 g/mol. The van der Waals surface area contributed by atoms with Gasteiger partial charge in [0.05, 0.1) is 5.69 Å². The standard InChI is InChI=1S/C21H21N3O/c1-14-12-15(2)21(19(25)13-14)17-9-10-20(23-22-17)24-11-5-7-16-6-3-4-8-18(16)24/h3-4,6,8-10,12-13,25H,5,7,11H2,1-2H3. The SMILES string of the molecule is Cc1cc(C)c(-c2ccc(N3CCCc4ccccc43)nn2)c(O)c1. The number of nitrogens with zero attached hydrogens (tertiary/aromatic N) is 3. The normalized spacial score (nSPS) is 13.6. The highest BCUT2D eigenvalue weighted by Crippen LogP contribution is 2.35. The number of rotatable bonds is 2. The van der Waals surface area contributed by atoms with E-state index >= 15 is 0 Å². The Kier molecular flexibility index (Phi) is 3.88. The minimum atomic E-state index is 0.253. The summed E-state index contributed by atoms with van der Waals surface area (Å²) in [7, 11) is 0. The van der Waals surface area contributed by atoms with Crippen molar-refractivity contribution >= 4 is 11.5 Å². The number of aromatic nitrogens is 2. The summed E-state index contributed by atoms with van der Waals surface area (Å²) in [5.41, 5.74) is 6.06. The minimum Gasteiger partial charge on any atom is -0.507 e. The van der Waals surface area contributed by atoms with Crippen LogP contribution in [0.15, 0.2) is 48.5 Å². The van der Waals surface area contributed by atoms with Crippen molar-refractivity contribution in [2.45, 2.75) is 26.7 Å². The van der Waals surface area contributed by atoms with E-state index in [9.17, 15) is 5.11 Å². The molecule has 1 aliphatic heterocycles. The van der Waals surface area contributed by atoms with Crippen molar-refractivity contribution in [3.05, 3.63) is 65.2 Å². The summed E-state index contributed by atoms with van der Waals surface area (Å²) in [5.74, 6) is 1.10. The van der Waals surface area contributed by atoms with Gasteiger partial charge in [0.2, 0.25) is 0 Å². The Morgan fingerprint density at radius 1 is 1.00 bits per heavy atom. The van der Waals surface area contributed by atoms with Crippen molar-refractivity contribution in [2.75, 3.05) is 11.4 Å². The second kappa shape index (κ2) is 6.20. The van der Waals surface area contributed by atoms with Crippen LogP contribution in [0.5, 0.6) is 5.75 Å². The van der Waals surface area contributed by atoms with Gasteiger partial charge in [-0.3, -0.25) is 0 Å². The molecule has 4 heteroatoms. The molecule has 25 heavy (non-hydrogen) atoms. The van der Waals surface area contributed by atoms with E-state index in [4.69, 9.17) is 0 Å². The third-order valence-corrected chi connectivity index (χ3v) is 4.75. The molecule has 0 saturated heterocycles. The Morgan fingerprint density at radius 3 is 2.60 bits per heavy atom.